The van der Waals surface area contributed by atoms with Gasteiger partial charge in [-0.1, -0.05) is 0 Å². The first kappa shape index (κ1) is 16.2. The van der Waals surface area contributed by atoms with Gasteiger partial charge in [-0.05, 0) is 42.0 Å². The molecular formula is C17H15N2O4-. The molecule has 0 fully saturated rings. The molecule has 6 nitrogen and oxygen atoms in total. The highest BCUT2D eigenvalue weighted by Gasteiger charge is 2.15. The molecule has 0 aliphatic heterocycles. The van der Waals surface area contributed by atoms with Crippen molar-refractivity contribution >= 4 is 11.7 Å². The highest BCUT2D eigenvalue weighted by Crippen LogP contribution is 2.28. The van der Waals surface area contributed by atoms with Crippen LogP contribution in [0.5, 0.6) is 11.5 Å². The minimum atomic E-state index is -1.29. The van der Waals surface area contributed by atoms with Gasteiger partial charge in [-0.2, -0.15) is 5.26 Å². The molecule has 1 N–H and O–H groups in total. The first-order valence-electron chi connectivity index (χ1n) is 6.78. The lowest BCUT2D eigenvalue weighted by atomic mass is 10.1. The van der Waals surface area contributed by atoms with Crippen LogP contribution in [0, 0.1) is 11.3 Å². The van der Waals surface area contributed by atoms with E-state index < -0.39 is 12.0 Å². The number of nitrogens with one attached hydrogen (secondary N) is 1. The van der Waals surface area contributed by atoms with E-state index in [9.17, 15) is 9.90 Å². The molecule has 1 unspecified atom stereocenters. The van der Waals surface area contributed by atoms with E-state index in [1.807, 2.05) is 6.07 Å². The quantitative estimate of drug-likeness (QED) is 0.868. The molecule has 2 rings (SSSR count). The largest absolute Gasteiger partial charge is 0.548 e. The minimum absolute atomic E-state index is 0.436. The van der Waals surface area contributed by atoms with E-state index in [2.05, 4.69) is 5.32 Å². The van der Waals surface area contributed by atoms with Crippen LogP contribution in [-0.4, -0.2) is 20.2 Å². The Morgan fingerprint density at radius 3 is 2.13 bits per heavy atom. The Morgan fingerprint density at radius 1 is 1.13 bits per heavy atom. The number of carboxylic acid groups (broad SMARTS) is 1. The predicted octanol–water partition coefficient (Wildman–Crippen LogP) is 1.48. The van der Waals surface area contributed by atoms with E-state index >= 15 is 0 Å². The lowest BCUT2D eigenvalue weighted by Gasteiger charge is -2.22. The summed E-state index contributed by atoms with van der Waals surface area (Å²) in [6, 6.07) is 12.2. The zero-order valence-corrected chi connectivity index (χ0v) is 12.7. The van der Waals surface area contributed by atoms with Crippen LogP contribution in [0.25, 0.3) is 0 Å². The Kier molecular flexibility index (Phi) is 5.05. The number of ether oxygens (including phenoxy) is 2. The topological polar surface area (TPSA) is 94.4 Å². The molecule has 2 aromatic carbocycles. The van der Waals surface area contributed by atoms with Crippen molar-refractivity contribution in [2.75, 3.05) is 19.5 Å². The van der Waals surface area contributed by atoms with Crippen molar-refractivity contribution in [1.82, 2.24) is 0 Å². The van der Waals surface area contributed by atoms with Crippen LogP contribution in [-0.2, 0) is 4.79 Å². The maximum atomic E-state index is 11.5. The average molecular weight is 311 g/mol. The highest BCUT2D eigenvalue weighted by molar-refractivity contribution is 5.78. The molecular weight excluding hydrogens is 296 g/mol. The molecule has 0 heterocycles. The highest BCUT2D eigenvalue weighted by atomic mass is 16.5. The Balaban J connectivity index is 2.34. The monoisotopic (exact) mass is 311 g/mol. The first-order chi connectivity index (χ1) is 11.1. The lowest BCUT2D eigenvalue weighted by Crippen LogP contribution is -2.34. The normalized spacial score (nSPS) is 11.2. The maximum absolute atomic E-state index is 11.5. The van der Waals surface area contributed by atoms with Gasteiger partial charge in [0.1, 0.15) is 11.5 Å². The number of carboxylic acids is 1. The summed E-state index contributed by atoms with van der Waals surface area (Å²) in [6.45, 7) is 0. The fraction of sp³-hybridized carbons (Fsp3) is 0.176. The fourth-order valence-electron chi connectivity index (χ4n) is 2.08. The Bertz CT molecular complexity index is 713. The van der Waals surface area contributed by atoms with Gasteiger partial charge in [-0.15, -0.1) is 0 Å². The zero-order valence-electron chi connectivity index (χ0n) is 12.7. The van der Waals surface area contributed by atoms with Gasteiger partial charge in [-0.3, -0.25) is 0 Å². The predicted molar refractivity (Wildman–Crippen MR) is 82.1 cm³/mol. The van der Waals surface area contributed by atoms with Crippen molar-refractivity contribution in [1.29, 1.82) is 5.26 Å². The van der Waals surface area contributed by atoms with Crippen molar-refractivity contribution in [2.24, 2.45) is 0 Å². The molecule has 0 saturated heterocycles. The van der Waals surface area contributed by atoms with Crippen LogP contribution >= 0.6 is 0 Å². The van der Waals surface area contributed by atoms with Gasteiger partial charge in [0.05, 0.1) is 37.9 Å². The Hall–Kier alpha value is -3.20. The SMILES string of the molecule is COc1cc(OC)cc(C(Nc2ccc(C#N)cc2)C(=O)[O-])c1. The number of nitriles is 1. The van der Waals surface area contributed by atoms with E-state index in [0.29, 0.717) is 28.3 Å². The minimum Gasteiger partial charge on any atom is -0.548 e. The molecule has 0 bridgehead atoms. The van der Waals surface area contributed by atoms with Crippen LogP contribution in [0.15, 0.2) is 42.5 Å². The first-order valence-corrected chi connectivity index (χ1v) is 6.78. The number of methoxy groups -OCH3 is 2. The van der Waals surface area contributed by atoms with Gasteiger partial charge < -0.3 is 24.7 Å². The van der Waals surface area contributed by atoms with Crippen molar-refractivity contribution in [3.63, 3.8) is 0 Å². The fourth-order valence-corrected chi connectivity index (χ4v) is 2.08. The molecule has 0 amide bonds. The Labute approximate surface area is 133 Å². The van der Waals surface area contributed by atoms with Gasteiger partial charge >= 0.3 is 0 Å². The van der Waals surface area contributed by atoms with Gasteiger partial charge in [0.25, 0.3) is 0 Å². The standard InChI is InChI=1S/C17H16N2O4/c1-22-14-7-12(8-15(9-14)23-2)16(17(20)21)19-13-5-3-11(10-18)4-6-13/h3-9,16,19H,1-2H3,(H,20,21)/p-1. The average Bonchev–Trinajstić information content (AvgIpc) is 2.59. The van der Waals surface area contributed by atoms with E-state index in [4.69, 9.17) is 14.7 Å². The molecule has 118 valence electrons. The molecule has 1 atom stereocenters. The second kappa shape index (κ2) is 7.18. The Morgan fingerprint density at radius 2 is 1.70 bits per heavy atom. The smallest absolute Gasteiger partial charge is 0.122 e. The number of hydrogen-bond donors (Lipinski definition) is 1. The summed E-state index contributed by atoms with van der Waals surface area (Å²) >= 11 is 0. The van der Waals surface area contributed by atoms with E-state index in [-0.39, 0.29) is 0 Å². The summed E-state index contributed by atoms with van der Waals surface area (Å²) in [5.41, 5.74) is 1.48. The summed E-state index contributed by atoms with van der Waals surface area (Å²) in [5, 5.41) is 23.2. The van der Waals surface area contributed by atoms with Crippen molar-refractivity contribution in [2.45, 2.75) is 6.04 Å². The molecule has 0 saturated carbocycles. The third-order valence-electron chi connectivity index (χ3n) is 3.27. The maximum Gasteiger partial charge on any atom is 0.122 e. The summed E-state index contributed by atoms with van der Waals surface area (Å²) in [4.78, 5) is 11.5. The zero-order chi connectivity index (χ0) is 16.8. The van der Waals surface area contributed by atoms with E-state index in [1.54, 1.807) is 42.5 Å². The van der Waals surface area contributed by atoms with Gasteiger partial charge in [0.15, 0.2) is 0 Å². The van der Waals surface area contributed by atoms with Crippen LogP contribution < -0.4 is 19.9 Å². The van der Waals surface area contributed by atoms with Crippen molar-refractivity contribution in [3.05, 3.63) is 53.6 Å². The summed E-state index contributed by atoms with van der Waals surface area (Å²) < 4.78 is 10.3. The van der Waals surface area contributed by atoms with E-state index in [0.717, 1.165) is 0 Å². The number of carbonyl (C=O) groups is 1. The molecule has 0 spiro atoms. The van der Waals surface area contributed by atoms with Crippen LogP contribution in [0.4, 0.5) is 5.69 Å². The number of benzene rings is 2. The number of hydrogen-bond acceptors (Lipinski definition) is 6. The third kappa shape index (κ3) is 3.92. The summed E-state index contributed by atoms with van der Waals surface area (Å²) in [7, 11) is 2.97. The van der Waals surface area contributed by atoms with Gasteiger partial charge in [0.2, 0.25) is 0 Å². The number of nitrogens with zero attached hydrogens (tertiary/aromatic N) is 1. The summed E-state index contributed by atoms with van der Waals surface area (Å²) in [5.74, 6) is -0.330. The molecule has 0 radical (unpaired) electrons. The molecule has 2 aromatic rings. The molecule has 0 aliphatic carbocycles. The lowest BCUT2D eigenvalue weighted by molar-refractivity contribution is -0.307. The van der Waals surface area contributed by atoms with Crippen molar-refractivity contribution < 1.29 is 19.4 Å². The van der Waals surface area contributed by atoms with Gasteiger partial charge in [-0.25, -0.2) is 0 Å². The van der Waals surface area contributed by atoms with Gasteiger partial charge in [0, 0.05) is 11.8 Å². The van der Waals surface area contributed by atoms with Crippen LogP contribution in [0.3, 0.4) is 0 Å². The molecule has 6 heteroatoms. The number of carbonyl (C=O) groups excluding carboxylic acids is 1. The molecule has 0 aliphatic rings. The molecule has 23 heavy (non-hydrogen) atoms. The summed E-state index contributed by atoms with van der Waals surface area (Å²) in [6.07, 6.45) is 0. The van der Waals surface area contributed by atoms with E-state index in [1.165, 1.54) is 14.2 Å². The second-order valence-electron chi connectivity index (χ2n) is 4.73. The number of rotatable bonds is 6. The van der Waals surface area contributed by atoms with Crippen molar-refractivity contribution in [3.8, 4) is 17.6 Å². The van der Waals surface area contributed by atoms with Crippen LogP contribution in [0.2, 0.25) is 0 Å². The number of aliphatic carboxylic acids is 1. The third-order valence-corrected chi connectivity index (χ3v) is 3.27. The molecule has 0 aromatic heterocycles. The second-order valence-corrected chi connectivity index (χ2v) is 4.73. The number of anilines is 1. The van der Waals surface area contributed by atoms with Crippen LogP contribution in [0.1, 0.15) is 17.2 Å².